The summed E-state index contributed by atoms with van der Waals surface area (Å²) in [6.45, 7) is 9.30. The average molecular weight is 756 g/mol. The van der Waals surface area contributed by atoms with Gasteiger partial charge >= 0.3 is 0 Å². The Morgan fingerprint density at radius 3 is 2.38 bits per heavy atom. The number of piperazine rings is 1. The molecule has 0 unspecified atom stereocenters. The first-order valence-corrected chi connectivity index (χ1v) is 19.0. The van der Waals surface area contributed by atoms with E-state index in [4.69, 9.17) is 14.7 Å². The second kappa shape index (κ2) is 15.8. The number of nitrogens with one attached hydrogen (secondary N) is 2. The van der Waals surface area contributed by atoms with Crippen LogP contribution in [0.25, 0.3) is 21.8 Å². The summed E-state index contributed by atoms with van der Waals surface area (Å²) in [7, 11) is -4.84. The van der Waals surface area contributed by atoms with Gasteiger partial charge in [0.15, 0.2) is 4.90 Å². The standard InChI is InChI=1S/C36H37F4N7O3S2/c1-4-50-31-11-9-24(21-30(31)47-18-16-46(15-13-37)17-19-47)42-36-41-14-12-28(43-36)33-32(44-35(51-33)22(2)3)23-8-10-25(38)29(20-23)45-52(48,49)34-26(39)6-5-7-27(34)40/h5-12,14,20-22,45H,4,13,15-19H2,1-3H3,(H,41,42,43). The largest absolute Gasteiger partial charge is 0.492 e. The highest BCUT2D eigenvalue weighted by Gasteiger charge is 2.26. The lowest BCUT2D eigenvalue weighted by atomic mass is 10.1. The van der Waals surface area contributed by atoms with Gasteiger partial charge in [0.1, 0.15) is 29.9 Å². The molecule has 1 aliphatic heterocycles. The molecule has 1 aliphatic rings. The fourth-order valence-corrected chi connectivity index (χ4v) is 8.02. The maximum Gasteiger partial charge on any atom is 0.267 e. The van der Waals surface area contributed by atoms with Crippen molar-refractivity contribution in [3.63, 3.8) is 0 Å². The molecule has 3 aromatic carbocycles. The van der Waals surface area contributed by atoms with Crippen LogP contribution < -0.4 is 19.7 Å². The molecule has 2 N–H and O–H groups in total. The number of thiazole rings is 1. The summed E-state index contributed by atoms with van der Waals surface area (Å²) < 4.78 is 90.6. The normalized spacial score (nSPS) is 13.8. The zero-order valence-corrected chi connectivity index (χ0v) is 30.3. The Balaban J connectivity index is 1.31. The summed E-state index contributed by atoms with van der Waals surface area (Å²) in [6.07, 6.45) is 1.59. The third kappa shape index (κ3) is 8.13. The summed E-state index contributed by atoms with van der Waals surface area (Å²) >= 11 is 1.38. The lowest BCUT2D eigenvalue weighted by Gasteiger charge is -2.36. The van der Waals surface area contributed by atoms with Crippen molar-refractivity contribution in [2.24, 2.45) is 0 Å². The van der Waals surface area contributed by atoms with Crippen molar-refractivity contribution in [3.8, 4) is 27.6 Å². The van der Waals surface area contributed by atoms with Gasteiger partial charge in [-0.1, -0.05) is 19.9 Å². The monoisotopic (exact) mass is 755 g/mol. The second-order valence-electron chi connectivity index (χ2n) is 12.3. The van der Waals surface area contributed by atoms with Gasteiger partial charge < -0.3 is 15.0 Å². The average Bonchev–Trinajstić information content (AvgIpc) is 3.57. The number of hydrogen-bond donors (Lipinski definition) is 2. The highest BCUT2D eigenvalue weighted by Crippen LogP contribution is 2.40. The van der Waals surface area contributed by atoms with Crippen LogP contribution in [0.5, 0.6) is 5.75 Å². The van der Waals surface area contributed by atoms with Crippen LogP contribution >= 0.6 is 11.3 Å². The van der Waals surface area contributed by atoms with E-state index in [1.54, 1.807) is 12.3 Å². The van der Waals surface area contributed by atoms with Crippen molar-refractivity contribution in [1.29, 1.82) is 0 Å². The molecular weight excluding hydrogens is 719 g/mol. The molecule has 2 aromatic heterocycles. The van der Waals surface area contributed by atoms with E-state index in [9.17, 15) is 21.6 Å². The highest BCUT2D eigenvalue weighted by atomic mass is 32.2. The fraction of sp³-hybridized carbons (Fsp3) is 0.306. The number of rotatable bonds is 13. The number of benzene rings is 3. The first-order chi connectivity index (χ1) is 25.0. The molecule has 0 bridgehead atoms. The summed E-state index contributed by atoms with van der Waals surface area (Å²) in [4.78, 5) is 17.7. The van der Waals surface area contributed by atoms with Crippen LogP contribution in [0.3, 0.4) is 0 Å². The number of sulfonamides is 1. The van der Waals surface area contributed by atoms with Crippen molar-refractivity contribution < 1.29 is 30.7 Å². The molecule has 3 heterocycles. The van der Waals surface area contributed by atoms with Crippen LogP contribution in [-0.2, 0) is 10.0 Å². The summed E-state index contributed by atoms with van der Waals surface area (Å²) in [5, 5.41) is 4.03. The number of ether oxygens (including phenoxy) is 1. The number of halogens is 4. The predicted octanol–water partition coefficient (Wildman–Crippen LogP) is 7.84. The van der Waals surface area contributed by atoms with Gasteiger partial charge in [0.2, 0.25) is 5.95 Å². The van der Waals surface area contributed by atoms with Crippen molar-refractivity contribution in [3.05, 3.63) is 89.3 Å². The minimum atomic E-state index is -4.84. The lowest BCUT2D eigenvalue weighted by molar-refractivity contribution is 0.234. The third-order valence-electron chi connectivity index (χ3n) is 8.33. The van der Waals surface area contributed by atoms with Gasteiger partial charge in [-0.05, 0) is 61.5 Å². The lowest BCUT2D eigenvalue weighted by Crippen LogP contribution is -2.47. The van der Waals surface area contributed by atoms with E-state index in [0.717, 1.165) is 59.5 Å². The van der Waals surface area contributed by atoms with Crippen molar-refractivity contribution >= 4 is 44.4 Å². The summed E-state index contributed by atoms with van der Waals surface area (Å²) in [5.41, 5.74) is 2.37. The Bertz CT molecular complexity index is 2140. The molecule has 0 saturated carbocycles. The minimum Gasteiger partial charge on any atom is -0.492 e. The zero-order valence-electron chi connectivity index (χ0n) is 28.7. The topological polar surface area (TPSA) is 113 Å². The molecule has 5 aromatic rings. The third-order valence-corrected chi connectivity index (χ3v) is 11.1. The van der Waals surface area contributed by atoms with E-state index in [1.807, 2.05) is 43.7 Å². The van der Waals surface area contributed by atoms with Crippen LogP contribution in [0.2, 0.25) is 0 Å². The molecule has 0 amide bonds. The van der Waals surface area contributed by atoms with Crippen molar-refractivity contribution in [1.82, 2.24) is 19.9 Å². The van der Waals surface area contributed by atoms with E-state index in [-0.39, 0.29) is 12.6 Å². The SMILES string of the molecule is CCOc1ccc(Nc2nccc(-c3sc(C(C)C)nc3-c3ccc(F)c(NS(=O)(=O)c4c(F)cccc4F)c3)n2)cc1N1CCN(CCF)CC1. The first kappa shape index (κ1) is 37.0. The van der Waals surface area contributed by atoms with Gasteiger partial charge in [0.05, 0.1) is 39.3 Å². The van der Waals surface area contributed by atoms with E-state index in [2.05, 4.69) is 20.1 Å². The number of anilines is 4. The molecule has 0 atom stereocenters. The maximum absolute atomic E-state index is 15.0. The van der Waals surface area contributed by atoms with Gasteiger partial charge in [-0.2, -0.15) is 0 Å². The molecule has 6 rings (SSSR count). The van der Waals surface area contributed by atoms with Gasteiger partial charge in [0.25, 0.3) is 10.0 Å². The molecule has 10 nitrogen and oxygen atoms in total. The van der Waals surface area contributed by atoms with Crippen LogP contribution in [0, 0.1) is 17.5 Å². The van der Waals surface area contributed by atoms with Gasteiger partial charge in [-0.25, -0.2) is 40.9 Å². The van der Waals surface area contributed by atoms with E-state index in [0.29, 0.717) is 54.0 Å². The maximum atomic E-state index is 15.0. The quantitative estimate of drug-likeness (QED) is 0.116. The number of nitrogens with zero attached hydrogens (tertiary/aromatic N) is 5. The molecule has 274 valence electrons. The number of hydrogen-bond acceptors (Lipinski definition) is 10. The molecule has 16 heteroatoms. The number of aromatic nitrogens is 3. The van der Waals surface area contributed by atoms with E-state index < -0.39 is 38.1 Å². The Morgan fingerprint density at radius 1 is 0.942 bits per heavy atom. The van der Waals surface area contributed by atoms with Crippen molar-refractivity contribution in [2.75, 3.05) is 60.9 Å². The van der Waals surface area contributed by atoms with Crippen LogP contribution in [0.15, 0.2) is 71.8 Å². The zero-order chi connectivity index (χ0) is 37.0. The molecule has 0 radical (unpaired) electrons. The molecular formula is C36H37F4N7O3S2. The molecule has 1 saturated heterocycles. The highest BCUT2D eigenvalue weighted by molar-refractivity contribution is 7.92. The van der Waals surface area contributed by atoms with Gasteiger partial charge in [-0.15, -0.1) is 11.3 Å². The predicted molar refractivity (Wildman–Crippen MR) is 195 cm³/mol. The van der Waals surface area contributed by atoms with Gasteiger partial charge in [-0.3, -0.25) is 9.62 Å². The fourth-order valence-electron chi connectivity index (χ4n) is 5.76. The van der Waals surface area contributed by atoms with E-state index >= 15 is 4.39 Å². The second-order valence-corrected chi connectivity index (χ2v) is 14.9. The first-order valence-electron chi connectivity index (χ1n) is 16.7. The van der Waals surface area contributed by atoms with Gasteiger partial charge in [0, 0.05) is 56.1 Å². The van der Waals surface area contributed by atoms with E-state index in [1.165, 1.54) is 23.5 Å². The Hall–Kier alpha value is -4.80. The Kier molecular flexibility index (Phi) is 11.3. The van der Waals surface area contributed by atoms with Crippen LogP contribution in [-0.4, -0.2) is 74.3 Å². The number of alkyl halides is 1. The summed E-state index contributed by atoms with van der Waals surface area (Å²) in [5.74, 6) is -2.53. The molecule has 52 heavy (non-hydrogen) atoms. The molecule has 0 aliphatic carbocycles. The minimum absolute atomic E-state index is 0.0144. The summed E-state index contributed by atoms with van der Waals surface area (Å²) in [6, 6.07) is 13.8. The van der Waals surface area contributed by atoms with Crippen molar-refractivity contribution in [2.45, 2.75) is 31.6 Å². The Labute approximate surface area is 303 Å². The smallest absolute Gasteiger partial charge is 0.267 e. The molecule has 0 spiro atoms. The van der Waals surface area contributed by atoms with Crippen LogP contribution in [0.1, 0.15) is 31.7 Å². The van der Waals surface area contributed by atoms with Crippen LogP contribution in [0.4, 0.5) is 40.6 Å². The molecule has 1 fully saturated rings. The Morgan fingerprint density at radius 2 is 1.69 bits per heavy atom.